The molecule has 0 aliphatic heterocycles. The first-order chi connectivity index (χ1) is 14.6. The molecule has 0 aromatic heterocycles. The molecule has 2 saturated carbocycles. The highest BCUT2D eigenvalue weighted by Crippen LogP contribution is 2.57. The van der Waals surface area contributed by atoms with Crippen LogP contribution in [0.25, 0.3) is 0 Å². The van der Waals surface area contributed by atoms with Gasteiger partial charge in [0.05, 0.1) is 13.2 Å². The summed E-state index contributed by atoms with van der Waals surface area (Å²) in [6.07, 6.45) is 21.6. The molecule has 3 heteroatoms. The monoisotopic (exact) mass is 420 g/mol. The quantitative estimate of drug-likeness (QED) is 0.130. The Balaban J connectivity index is 1.47. The third-order valence-corrected chi connectivity index (χ3v) is 7.53. The van der Waals surface area contributed by atoms with Gasteiger partial charge in [0, 0.05) is 23.5 Å². The Hall–Kier alpha value is -0.830. The maximum Gasteiger partial charge on any atom is 0.333 e. The van der Waals surface area contributed by atoms with E-state index in [1.165, 1.54) is 103 Å². The largest absolute Gasteiger partial charge is 0.462 e. The van der Waals surface area contributed by atoms with Crippen LogP contribution in [0.2, 0.25) is 0 Å². The van der Waals surface area contributed by atoms with Crippen molar-refractivity contribution in [1.82, 2.24) is 0 Å². The summed E-state index contributed by atoms with van der Waals surface area (Å²) in [7, 11) is 0. The molecular formula is C27H48O3. The third kappa shape index (κ3) is 8.73. The molecule has 30 heavy (non-hydrogen) atoms. The smallest absolute Gasteiger partial charge is 0.333 e. The van der Waals surface area contributed by atoms with Gasteiger partial charge in [-0.1, -0.05) is 84.1 Å². The number of hydrogen-bond donors (Lipinski definition) is 0. The van der Waals surface area contributed by atoms with Crippen molar-refractivity contribution in [3.63, 3.8) is 0 Å². The lowest BCUT2D eigenvalue weighted by atomic mass is 9.76. The molecule has 2 rings (SSSR count). The Morgan fingerprint density at radius 2 is 1.57 bits per heavy atom. The fourth-order valence-corrected chi connectivity index (χ4v) is 5.61. The zero-order chi connectivity index (χ0) is 21.7. The van der Waals surface area contributed by atoms with E-state index in [-0.39, 0.29) is 11.4 Å². The maximum absolute atomic E-state index is 11.8. The number of unbranched alkanes of at least 4 members (excludes halogenated alkanes) is 11. The Bertz CT molecular complexity index is 500. The second-order valence-electron chi connectivity index (χ2n) is 10.2. The Labute approximate surface area is 186 Å². The number of esters is 1. The van der Waals surface area contributed by atoms with Gasteiger partial charge in [0.15, 0.2) is 0 Å². The van der Waals surface area contributed by atoms with Crippen molar-refractivity contribution in [2.24, 2.45) is 17.3 Å². The highest BCUT2D eigenvalue weighted by molar-refractivity contribution is 5.86. The molecule has 174 valence electrons. The minimum absolute atomic E-state index is 0.245. The van der Waals surface area contributed by atoms with Crippen molar-refractivity contribution in [2.75, 3.05) is 19.8 Å². The predicted octanol–water partition coefficient (Wildman–Crippen LogP) is 7.63. The Morgan fingerprint density at radius 3 is 2.13 bits per heavy atom. The van der Waals surface area contributed by atoms with E-state index < -0.39 is 0 Å². The number of carbonyl (C=O) groups is 1. The average Bonchev–Trinajstić information content (AvgIpc) is 3.30. The molecule has 0 aromatic rings. The average molecular weight is 421 g/mol. The first-order valence-electron chi connectivity index (χ1n) is 13.0. The summed E-state index contributed by atoms with van der Waals surface area (Å²) in [5.74, 6) is 1.04. The lowest BCUT2D eigenvalue weighted by Gasteiger charge is -2.34. The maximum atomic E-state index is 11.8. The molecule has 3 unspecified atom stereocenters. The molecule has 3 nitrogen and oxygen atoms in total. The summed E-state index contributed by atoms with van der Waals surface area (Å²) in [6.45, 7) is 9.98. The number of carbonyl (C=O) groups excluding carboxylic acids is 1. The van der Waals surface area contributed by atoms with Gasteiger partial charge >= 0.3 is 5.97 Å². The lowest BCUT2D eigenvalue weighted by molar-refractivity contribution is -0.142. The zero-order valence-corrected chi connectivity index (χ0v) is 20.0. The van der Waals surface area contributed by atoms with Crippen molar-refractivity contribution < 1.29 is 14.3 Å². The second-order valence-corrected chi connectivity index (χ2v) is 10.2. The molecule has 0 amide bonds. The standard InChI is InChI=1S/C27H48O3/c1-4-5-6-7-8-9-10-11-12-13-14-15-18-29-22-27-17-16-24(20-27)19-25(27)21-30-26(28)23(2)3/h24-25H,2,4-22H2,1,3H3. The van der Waals surface area contributed by atoms with Gasteiger partial charge in [0.1, 0.15) is 0 Å². The molecule has 0 heterocycles. The highest BCUT2D eigenvalue weighted by atomic mass is 16.5. The number of hydrogen-bond acceptors (Lipinski definition) is 3. The number of ether oxygens (including phenoxy) is 2. The van der Waals surface area contributed by atoms with Crippen molar-refractivity contribution >= 4 is 5.97 Å². The van der Waals surface area contributed by atoms with Gasteiger partial charge in [-0.05, 0) is 44.9 Å². The van der Waals surface area contributed by atoms with E-state index in [0.717, 1.165) is 19.1 Å². The van der Waals surface area contributed by atoms with Gasteiger partial charge in [0.25, 0.3) is 0 Å². The zero-order valence-electron chi connectivity index (χ0n) is 20.0. The molecule has 0 radical (unpaired) electrons. The normalized spacial score (nSPS) is 25.0. The van der Waals surface area contributed by atoms with Crippen molar-refractivity contribution in [1.29, 1.82) is 0 Å². The third-order valence-electron chi connectivity index (χ3n) is 7.53. The van der Waals surface area contributed by atoms with Crippen LogP contribution in [0.4, 0.5) is 0 Å². The van der Waals surface area contributed by atoms with Crippen LogP contribution in [0, 0.1) is 17.3 Å². The molecular weight excluding hydrogens is 372 g/mol. The van der Waals surface area contributed by atoms with Crippen LogP contribution < -0.4 is 0 Å². The van der Waals surface area contributed by atoms with E-state index in [2.05, 4.69) is 13.5 Å². The van der Waals surface area contributed by atoms with Gasteiger partial charge in [-0.3, -0.25) is 0 Å². The van der Waals surface area contributed by atoms with Gasteiger partial charge in [0.2, 0.25) is 0 Å². The van der Waals surface area contributed by atoms with E-state index in [4.69, 9.17) is 9.47 Å². The molecule has 3 atom stereocenters. The SMILES string of the molecule is C=C(C)C(=O)OCC1CC2CCC1(COCCCCCCCCCCCCCC)C2. The van der Waals surface area contributed by atoms with Crippen molar-refractivity contribution in [2.45, 2.75) is 117 Å². The van der Waals surface area contributed by atoms with Gasteiger partial charge < -0.3 is 9.47 Å². The van der Waals surface area contributed by atoms with Gasteiger partial charge in [-0.25, -0.2) is 4.79 Å². The summed E-state index contributed by atoms with van der Waals surface area (Å²) in [5, 5.41) is 0. The van der Waals surface area contributed by atoms with Crippen molar-refractivity contribution in [3.8, 4) is 0 Å². The molecule has 0 spiro atoms. The topological polar surface area (TPSA) is 35.5 Å². The minimum Gasteiger partial charge on any atom is -0.462 e. The summed E-state index contributed by atoms with van der Waals surface area (Å²) in [5.41, 5.74) is 0.757. The number of fused-ring (bicyclic) bond motifs is 2. The first kappa shape index (κ1) is 25.4. The minimum atomic E-state index is -0.245. The fourth-order valence-electron chi connectivity index (χ4n) is 5.61. The summed E-state index contributed by atoms with van der Waals surface area (Å²) < 4.78 is 11.7. The molecule has 2 bridgehead atoms. The summed E-state index contributed by atoms with van der Waals surface area (Å²) in [6, 6.07) is 0. The molecule has 0 aromatic carbocycles. The lowest BCUT2D eigenvalue weighted by Crippen LogP contribution is -2.34. The molecule has 0 saturated heterocycles. The van der Waals surface area contributed by atoms with Gasteiger partial charge in [-0.2, -0.15) is 0 Å². The Kier molecular flexibility index (Phi) is 12.1. The van der Waals surface area contributed by atoms with Crippen LogP contribution in [0.15, 0.2) is 12.2 Å². The van der Waals surface area contributed by atoms with Crippen LogP contribution in [-0.4, -0.2) is 25.8 Å². The van der Waals surface area contributed by atoms with E-state index in [1.807, 2.05) is 0 Å². The first-order valence-corrected chi connectivity index (χ1v) is 13.0. The van der Waals surface area contributed by atoms with Crippen molar-refractivity contribution in [3.05, 3.63) is 12.2 Å². The van der Waals surface area contributed by atoms with E-state index >= 15 is 0 Å². The summed E-state index contributed by atoms with van der Waals surface area (Å²) in [4.78, 5) is 11.8. The predicted molar refractivity (Wildman–Crippen MR) is 126 cm³/mol. The molecule has 2 aliphatic rings. The fraction of sp³-hybridized carbons (Fsp3) is 0.889. The number of rotatable bonds is 18. The van der Waals surface area contributed by atoms with Crippen LogP contribution in [0.3, 0.4) is 0 Å². The van der Waals surface area contributed by atoms with Crippen LogP contribution >= 0.6 is 0 Å². The van der Waals surface area contributed by atoms with E-state index in [0.29, 0.717) is 18.1 Å². The van der Waals surface area contributed by atoms with E-state index in [1.54, 1.807) is 6.92 Å². The van der Waals surface area contributed by atoms with Gasteiger partial charge in [-0.15, -0.1) is 0 Å². The van der Waals surface area contributed by atoms with E-state index in [9.17, 15) is 4.79 Å². The van der Waals surface area contributed by atoms with Crippen LogP contribution in [-0.2, 0) is 14.3 Å². The summed E-state index contributed by atoms with van der Waals surface area (Å²) >= 11 is 0. The molecule has 2 aliphatic carbocycles. The highest BCUT2D eigenvalue weighted by Gasteiger charge is 2.52. The van der Waals surface area contributed by atoms with Crippen LogP contribution in [0.5, 0.6) is 0 Å². The van der Waals surface area contributed by atoms with Crippen LogP contribution in [0.1, 0.15) is 117 Å². The second kappa shape index (κ2) is 14.3. The molecule has 0 N–H and O–H groups in total. The molecule has 2 fully saturated rings. The Morgan fingerprint density at radius 1 is 0.967 bits per heavy atom.